The summed E-state index contributed by atoms with van der Waals surface area (Å²) in [4.78, 5) is 25.2. The highest BCUT2D eigenvalue weighted by atomic mass is 32.2. The van der Waals surface area contributed by atoms with E-state index in [2.05, 4.69) is 31.1 Å². The van der Waals surface area contributed by atoms with E-state index >= 15 is 0 Å². The van der Waals surface area contributed by atoms with E-state index in [9.17, 15) is 18.5 Å². The number of hydrogen-bond acceptors (Lipinski definition) is 9. The minimum Gasteiger partial charge on any atom is -0.497 e. The number of carbonyl (C=O) groups excluding carboxylic acids is 1. The molecule has 0 aliphatic carbocycles. The van der Waals surface area contributed by atoms with Gasteiger partial charge in [0.05, 0.1) is 28.5 Å². The molecule has 0 saturated carbocycles. The van der Waals surface area contributed by atoms with E-state index in [4.69, 9.17) is 4.74 Å². The van der Waals surface area contributed by atoms with Crippen LogP contribution in [0.5, 0.6) is 5.75 Å². The Hall–Kier alpha value is -4.47. The summed E-state index contributed by atoms with van der Waals surface area (Å²) in [5.41, 5.74) is 2.28. The van der Waals surface area contributed by atoms with Crippen molar-refractivity contribution in [3.05, 3.63) is 84.7 Å². The number of nitrogens with zero attached hydrogens (tertiary/aromatic N) is 4. The standard InChI is InChI=1S/C26H22N6O4S2/c1-17(37-25-19(16-27)6-13-23(31-25)18-4-9-21(36-2)10-5-18)24(33)30-20-7-11-22(12-8-20)38(34,35)32-26-28-14-3-15-29-26/h3-15,17H,1-2H3,(H,30,33)(H,28,29,32). The van der Waals surface area contributed by atoms with Crippen molar-refractivity contribution in [1.29, 1.82) is 5.26 Å². The number of hydrogen-bond donors (Lipinski definition) is 2. The number of rotatable bonds is 9. The van der Waals surface area contributed by atoms with Gasteiger partial charge in [0.15, 0.2) is 0 Å². The SMILES string of the molecule is COc1ccc(-c2ccc(C#N)c(SC(C)C(=O)Nc3ccc(S(=O)(=O)Nc4ncccn4)cc3)n2)cc1. The molecule has 0 aliphatic heterocycles. The number of anilines is 2. The van der Waals surface area contributed by atoms with Crippen molar-refractivity contribution >= 4 is 39.3 Å². The van der Waals surface area contributed by atoms with Gasteiger partial charge in [0.2, 0.25) is 11.9 Å². The van der Waals surface area contributed by atoms with Crippen LogP contribution in [0.3, 0.4) is 0 Å². The number of sulfonamides is 1. The van der Waals surface area contributed by atoms with Crippen molar-refractivity contribution in [3.8, 4) is 23.1 Å². The molecule has 38 heavy (non-hydrogen) atoms. The molecule has 2 heterocycles. The van der Waals surface area contributed by atoms with Gasteiger partial charge in [-0.15, -0.1) is 0 Å². The van der Waals surface area contributed by atoms with Crippen LogP contribution < -0.4 is 14.8 Å². The second-order valence-electron chi connectivity index (χ2n) is 7.84. The second kappa shape index (κ2) is 11.7. The maximum atomic E-state index is 12.9. The zero-order valence-electron chi connectivity index (χ0n) is 20.3. The highest BCUT2D eigenvalue weighted by molar-refractivity contribution is 8.00. The summed E-state index contributed by atoms with van der Waals surface area (Å²) >= 11 is 1.16. The zero-order chi connectivity index (χ0) is 27.1. The third kappa shape index (κ3) is 6.44. The predicted molar refractivity (Wildman–Crippen MR) is 144 cm³/mol. The van der Waals surface area contributed by atoms with Crippen LogP contribution in [0.1, 0.15) is 12.5 Å². The molecule has 1 unspecified atom stereocenters. The van der Waals surface area contributed by atoms with Gasteiger partial charge in [-0.2, -0.15) is 5.26 Å². The number of methoxy groups -OCH3 is 1. The van der Waals surface area contributed by atoms with Crippen molar-refractivity contribution in [2.45, 2.75) is 22.1 Å². The number of aromatic nitrogens is 3. The molecule has 0 radical (unpaired) electrons. The molecule has 0 aliphatic rings. The Balaban J connectivity index is 1.44. The molecule has 2 aromatic carbocycles. The molecule has 12 heteroatoms. The highest BCUT2D eigenvalue weighted by Gasteiger charge is 2.20. The first-order valence-corrected chi connectivity index (χ1v) is 13.6. The molecule has 4 aromatic rings. The minimum absolute atomic E-state index is 0.0106. The Labute approximate surface area is 224 Å². The summed E-state index contributed by atoms with van der Waals surface area (Å²) in [7, 11) is -2.30. The van der Waals surface area contributed by atoms with Gasteiger partial charge in [-0.05, 0) is 73.7 Å². The number of thioether (sulfide) groups is 1. The molecule has 4 rings (SSSR count). The summed E-state index contributed by atoms with van der Waals surface area (Å²) in [5, 5.41) is 12.1. The van der Waals surface area contributed by atoms with Gasteiger partial charge in [0, 0.05) is 23.6 Å². The number of nitrogens with one attached hydrogen (secondary N) is 2. The molecule has 0 spiro atoms. The van der Waals surface area contributed by atoms with Crippen LogP contribution in [0.4, 0.5) is 11.6 Å². The van der Waals surface area contributed by atoms with Gasteiger partial charge in [-0.1, -0.05) is 11.8 Å². The lowest BCUT2D eigenvalue weighted by Crippen LogP contribution is -2.22. The van der Waals surface area contributed by atoms with Gasteiger partial charge in [-0.25, -0.2) is 28.1 Å². The third-order valence-corrected chi connectivity index (χ3v) is 7.69. The topological polar surface area (TPSA) is 147 Å². The molecule has 192 valence electrons. The molecule has 1 atom stereocenters. The number of carbonyl (C=O) groups is 1. The number of nitriles is 1. The summed E-state index contributed by atoms with van der Waals surface area (Å²) in [6, 6.07) is 20.2. The average molecular weight is 547 g/mol. The summed E-state index contributed by atoms with van der Waals surface area (Å²) in [6.45, 7) is 1.70. The molecule has 1 amide bonds. The van der Waals surface area contributed by atoms with E-state index in [1.165, 1.54) is 36.7 Å². The number of pyridine rings is 1. The zero-order valence-corrected chi connectivity index (χ0v) is 22.0. The first-order chi connectivity index (χ1) is 18.3. The number of amides is 1. The summed E-state index contributed by atoms with van der Waals surface area (Å²) in [5.74, 6) is 0.341. The van der Waals surface area contributed by atoms with Gasteiger partial charge >= 0.3 is 0 Å². The quantitative estimate of drug-likeness (QED) is 0.293. The van der Waals surface area contributed by atoms with Crippen LogP contribution in [0.2, 0.25) is 0 Å². The van der Waals surface area contributed by atoms with E-state index in [-0.39, 0.29) is 16.8 Å². The Morgan fingerprint density at radius 3 is 2.34 bits per heavy atom. The van der Waals surface area contributed by atoms with Crippen LogP contribution in [0.15, 0.2) is 89.0 Å². The first kappa shape index (κ1) is 26.6. The smallest absolute Gasteiger partial charge is 0.264 e. The molecular formula is C26H22N6O4S2. The minimum atomic E-state index is -3.89. The van der Waals surface area contributed by atoms with Crippen molar-refractivity contribution < 1.29 is 17.9 Å². The fourth-order valence-electron chi connectivity index (χ4n) is 3.25. The molecule has 0 saturated heterocycles. The maximum absolute atomic E-state index is 12.9. The summed E-state index contributed by atoms with van der Waals surface area (Å²) < 4.78 is 32.6. The molecule has 0 fully saturated rings. The predicted octanol–water partition coefficient (Wildman–Crippen LogP) is 4.34. The number of benzene rings is 2. The van der Waals surface area contributed by atoms with Crippen molar-refractivity contribution in [1.82, 2.24) is 15.0 Å². The molecular weight excluding hydrogens is 524 g/mol. The van der Waals surface area contributed by atoms with Gasteiger partial charge < -0.3 is 10.1 Å². The summed E-state index contributed by atoms with van der Waals surface area (Å²) in [6.07, 6.45) is 2.85. The van der Waals surface area contributed by atoms with Gasteiger partial charge in [0.1, 0.15) is 16.8 Å². The maximum Gasteiger partial charge on any atom is 0.264 e. The van der Waals surface area contributed by atoms with Crippen LogP contribution in [0.25, 0.3) is 11.3 Å². The van der Waals surface area contributed by atoms with Gasteiger partial charge in [-0.3, -0.25) is 4.79 Å². The number of ether oxygens (including phenoxy) is 1. The molecule has 0 bridgehead atoms. The van der Waals surface area contributed by atoms with Crippen molar-refractivity contribution in [2.24, 2.45) is 0 Å². The van der Waals surface area contributed by atoms with Crippen LogP contribution in [-0.4, -0.2) is 41.6 Å². The van der Waals surface area contributed by atoms with Crippen molar-refractivity contribution in [3.63, 3.8) is 0 Å². The first-order valence-electron chi connectivity index (χ1n) is 11.2. The lowest BCUT2D eigenvalue weighted by Gasteiger charge is -2.14. The second-order valence-corrected chi connectivity index (χ2v) is 10.9. The lowest BCUT2D eigenvalue weighted by molar-refractivity contribution is -0.115. The largest absolute Gasteiger partial charge is 0.497 e. The Morgan fingerprint density at radius 1 is 1.03 bits per heavy atom. The van der Waals surface area contributed by atoms with E-state index in [0.29, 0.717) is 22.0 Å². The molecule has 10 nitrogen and oxygen atoms in total. The highest BCUT2D eigenvalue weighted by Crippen LogP contribution is 2.29. The van der Waals surface area contributed by atoms with Crippen LogP contribution >= 0.6 is 11.8 Å². The fraction of sp³-hybridized carbons (Fsp3) is 0.115. The van der Waals surface area contributed by atoms with E-state index in [1.807, 2.05) is 24.3 Å². The third-order valence-electron chi connectivity index (χ3n) is 5.25. The fourth-order valence-corrected chi connectivity index (χ4v) is 5.10. The van der Waals surface area contributed by atoms with E-state index in [0.717, 1.165) is 23.1 Å². The average Bonchev–Trinajstić information content (AvgIpc) is 2.93. The van der Waals surface area contributed by atoms with Crippen molar-refractivity contribution in [2.75, 3.05) is 17.1 Å². The molecule has 2 aromatic heterocycles. The lowest BCUT2D eigenvalue weighted by atomic mass is 10.1. The monoisotopic (exact) mass is 546 g/mol. The molecule has 2 N–H and O–H groups in total. The van der Waals surface area contributed by atoms with E-state index in [1.54, 1.807) is 32.2 Å². The van der Waals surface area contributed by atoms with E-state index < -0.39 is 15.3 Å². The van der Waals surface area contributed by atoms with Gasteiger partial charge in [0.25, 0.3) is 10.0 Å². The van der Waals surface area contributed by atoms with Crippen LogP contribution in [0, 0.1) is 11.3 Å². The Kier molecular flexibility index (Phi) is 8.20. The van der Waals surface area contributed by atoms with Crippen LogP contribution in [-0.2, 0) is 14.8 Å². The Morgan fingerprint density at radius 2 is 1.71 bits per heavy atom. The Bertz CT molecular complexity index is 1570. The normalized spacial score (nSPS) is 11.7.